The smallest absolute Gasteiger partial charge is 0.289 e. The van der Waals surface area contributed by atoms with Crippen LogP contribution in [0.15, 0.2) is 50.1 Å². The van der Waals surface area contributed by atoms with E-state index in [4.69, 9.17) is 8.83 Å². The number of amides is 2. The maximum absolute atomic E-state index is 12.1. The number of furan rings is 2. The van der Waals surface area contributed by atoms with E-state index in [0.29, 0.717) is 42.4 Å². The molecule has 6 nitrogen and oxygen atoms in total. The molecule has 23 heavy (non-hydrogen) atoms. The molecule has 1 fully saturated rings. The molecule has 3 heterocycles. The van der Waals surface area contributed by atoms with Gasteiger partial charge in [-0.3, -0.25) is 9.59 Å². The minimum Gasteiger partial charge on any atom is -0.459 e. The van der Waals surface area contributed by atoms with Gasteiger partial charge in [0.15, 0.2) is 10.4 Å². The van der Waals surface area contributed by atoms with Crippen LogP contribution in [0.2, 0.25) is 0 Å². The summed E-state index contributed by atoms with van der Waals surface area (Å²) in [6.07, 6.45) is 4.59. The van der Waals surface area contributed by atoms with Gasteiger partial charge in [0.1, 0.15) is 5.76 Å². The first-order chi connectivity index (χ1) is 11.1. The maximum Gasteiger partial charge on any atom is 0.289 e. The van der Waals surface area contributed by atoms with Crippen LogP contribution >= 0.6 is 15.9 Å². The zero-order chi connectivity index (χ0) is 16.2. The van der Waals surface area contributed by atoms with Crippen LogP contribution in [-0.4, -0.2) is 47.8 Å². The highest BCUT2D eigenvalue weighted by atomic mass is 79.9. The van der Waals surface area contributed by atoms with Crippen molar-refractivity contribution in [1.82, 2.24) is 9.80 Å². The summed E-state index contributed by atoms with van der Waals surface area (Å²) in [6.45, 7) is 1.98. The van der Waals surface area contributed by atoms with Gasteiger partial charge in [0.25, 0.3) is 5.91 Å². The predicted octanol–water partition coefficient (Wildman–Crippen LogP) is 2.63. The topological polar surface area (TPSA) is 66.9 Å². The highest BCUT2D eigenvalue weighted by molar-refractivity contribution is 9.10. The van der Waals surface area contributed by atoms with E-state index in [9.17, 15) is 9.59 Å². The second-order valence-electron chi connectivity index (χ2n) is 5.07. The number of carbonyl (C=O) groups excluding carboxylic acids is 2. The van der Waals surface area contributed by atoms with E-state index in [1.165, 1.54) is 12.3 Å². The van der Waals surface area contributed by atoms with Crippen molar-refractivity contribution in [2.45, 2.75) is 0 Å². The van der Waals surface area contributed by atoms with Crippen molar-refractivity contribution in [3.05, 3.63) is 52.8 Å². The molecule has 0 bridgehead atoms. The number of hydrogen-bond donors (Lipinski definition) is 0. The predicted molar refractivity (Wildman–Crippen MR) is 86.6 cm³/mol. The van der Waals surface area contributed by atoms with Gasteiger partial charge in [-0.2, -0.15) is 0 Å². The summed E-state index contributed by atoms with van der Waals surface area (Å²) in [5.74, 6) is 0.700. The molecule has 2 aromatic rings. The fourth-order valence-corrected chi connectivity index (χ4v) is 2.68. The maximum atomic E-state index is 12.1. The summed E-state index contributed by atoms with van der Waals surface area (Å²) in [4.78, 5) is 27.7. The minimum atomic E-state index is -0.141. The van der Waals surface area contributed by atoms with E-state index in [2.05, 4.69) is 15.9 Å². The number of hydrogen-bond acceptors (Lipinski definition) is 4. The van der Waals surface area contributed by atoms with Crippen molar-refractivity contribution in [3.63, 3.8) is 0 Å². The van der Waals surface area contributed by atoms with Crippen LogP contribution in [0.1, 0.15) is 16.3 Å². The first-order valence-electron chi connectivity index (χ1n) is 7.18. The Labute approximate surface area is 141 Å². The van der Waals surface area contributed by atoms with Gasteiger partial charge in [-0.25, -0.2) is 0 Å². The third kappa shape index (κ3) is 3.73. The molecule has 1 saturated heterocycles. The molecule has 1 aliphatic rings. The van der Waals surface area contributed by atoms with Crippen LogP contribution in [0, 0.1) is 0 Å². The van der Waals surface area contributed by atoms with Gasteiger partial charge in [-0.15, -0.1) is 0 Å². The zero-order valence-electron chi connectivity index (χ0n) is 12.3. The third-order valence-electron chi connectivity index (χ3n) is 3.59. The monoisotopic (exact) mass is 378 g/mol. The van der Waals surface area contributed by atoms with E-state index in [1.54, 1.807) is 40.1 Å². The standard InChI is InChI=1S/C16H15BrN2O4/c17-14-5-3-12(23-14)4-6-15(20)18-7-9-19(10-8-18)16(21)13-2-1-11-22-13/h1-6,11H,7-10H2. The summed E-state index contributed by atoms with van der Waals surface area (Å²) in [5, 5.41) is 0. The quantitative estimate of drug-likeness (QED) is 0.769. The number of rotatable bonds is 3. The average Bonchev–Trinajstić information content (AvgIpc) is 3.24. The van der Waals surface area contributed by atoms with Crippen molar-refractivity contribution in [3.8, 4) is 0 Å². The SMILES string of the molecule is O=C(C=Cc1ccc(Br)o1)N1CCN(C(=O)c2ccco2)CC1. The van der Waals surface area contributed by atoms with Crippen LogP contribution in [0.5, 0.6) is 0 Å². The van der Waals surface area contributed by atoms with Crippen LogP contribution < -0.4 is 0 Å². The molecule has 0 saturated carbocycles. The molecular formula is C16H15BrN2O4. The van der Waals surface area contributed by atoms with Crippen LogP contribution in [0.3, 0.4) is 0 Å². The van der Waals surface area contributed by atoms with Gasteiger partial charge in [0.05, 0.1) is 6.26 Å². The molecule has 2 aromatic heterocycles. The van der Waals surface area contributed by atoms with Crippen molar-refractivity contribution in [2.75, 3.05) is 26.2 Å². The highest BCUT2D eigenvalue weighted by Crippen LogP contribution is 2.15. The van der Waals surface area contributed by atoms with E-state index < -0.39 is 0 Å². The molecule has 3 rings (SSSR count). The lowest BCUT2D eigenvalue weighted by Gasteiger charge is -2.33. The summed E-state index contributed by atoms with van der Waals surface area (Å²) < 4.78 is 11.0. The van der Waals surface area contributed by atoms with Crippen molar-refractivity contribution >= 4 is 33.8 Å². The molecule has 0 unspecified atom stereocenters. The van der Waals surface area contributed by atoms with Crippen molar-refractivity contribution < 1.29 is 18.4 Å². The molecule has 7 heteroatoms. The lowest BCUT2D eigenvalue weighted by Crippen LogP contribution is -2.50. The average molecular weight is 379 g/mol. The fraction of sp³-hybridized carbons (Fsp3) is 0.250. The second-order valence-corrected chi connectivity index (χ2v) is 5.85. The molecule has 0 radical (unpaired) electrons. The van der Waals surface area contributed by atoms with Crippen molar-refractivity contribution in [1.29, 1.82) is 0 Å². The molecule has 0 N–H and O–H groups in total. The Balaban J connectivity index is 1.53. The Hall–Kier alpha value is -2.28. The number of carbonyl (C=O) groups is 2. The van der Waals surface area contributed by atoms with Gasteiger partial charge in [0, 0.05) is 32.3 Å². The Morgan fingerprint density at radius 2 is 1.83 bits per heavy atom. The first kappa shape index (κ1) is 15.6. The number of halogens is 1. The highest BCUT2D eigenvalue weighted by Gasteiger charge is 2.25. The van der Waals surface area contributed by atoms with E-state index in [0.717, 1.165) is 0 Å². The number of nitrogens with zero attached hydrogens (tertiary/aromatic N) is 2. The fourth-order valence-electron chi connectivity index (χ4n) is 2.36. The molecule has 0 aliphatic carbocycles. The molecule has 2 amide bonds. The molecule has 120 valence electrons. The lowest BCUT2D eigenvalue weighted by atomic mass is 10.2. The summed E-state index contributed by atoms with van der Waals surface area (Å²) in [5.41, 5.74) is 0. The molecule has 0 aromatic carbocycles. The second kappa shape index (κ2) is 6.87. The van der Waals surface area contributed by atoms with Gasteiger partial charge in [-0.05, 0) is 46.3 Å². The van der Waals surface area contributed by atoms with Crippen LogP contribution in [-0.2, 0) is 4.79 Å². The van der Waals surface area contributed by atoms with Crippen LogP contribution in [0.25, 0.3) is 6.08 Å². The van der Waals surface area contributed by atoms with Crippen molar-refractivity contribution in [2.24, 2.45) is 0 Å². The van der Waals surface area contributed by atoms with Gasteiger partial charge >= 0.3 is 0 Å². The van der Waals surface area contributed by atoms with Gasteiger partial charge < -0.3 is 18.6 Å². The normalized spacial score (nSPS) is 15.3. The largest absolute Gasteiger partial charge is 0.459 e. The Kier molecular flexibility index (Phi) is 4.66. The Morgan fingerprint density at radius 1 is 1.09 bits per heavy atom. The Bertz CT molecular complexity index is 712. The van der Waals surface area contributed by atoms with E-state index in [-0.39, 0.29) is 11.8 Å². The Morgan fingerprint density at radius 3 is 2.43 bits per heavy atom. The van der Waals surface area contributed by atoms with E-state index in [1.807, 2.05) is 0 Å². The number of piperazine rings is 1. The first-order valence-corrected chi connectivity index (χ1v) is 7.98. The summed E-state index contributed by atoms with van der Waals surface area (Å²) >= 11 is 3.21. The van der Waals surface area contributed by atoms with Gasteiger partial charge in [-0.1, -0.05) is 0 Å². The summed E-state index contributed by atoms with van der Waals surface area (Å²) in [6, 6.07) is 6.87. The third-order valence-corrected chi connectivity index (χ3v) is 4.02. The summed E-state index contributed by atoms with van der Waals surface area (Å²) in [7, 11) is 0. The zero-order valence-corrected chi connectivity index (χ0v) is 13.9. The molecular weight excluding hydrogens is 364 g/mol. The van der Waals surface area contributed by atoms with E-state index >= 15 is 0 Å². The molecule has 0 atom stereocenters. The molecule has 1 aliphatic heterocycles. The minimum absolute atomic E-state index is 0.0948. The van der Waals surface area contributed by atoms with Gasteiger partial charge in [0.2, 0.25) is 5.91 Å². The lowest BCUT2D eigenvalue weighted by molar-refractivity contribution is -0.127. The van der Waals surface area contributed by atoms with Crippen LogP contribution in [0.4, 0.5) is 0 Å². The molecule has 0 spiro atoms.